The number of carbonyl (C=O) groups is 1. The van der Waals surface area contributed by atoms with Crippen LogP contribution >= 0.6 is 0 Å². The van der Waals surface area contributed by atoms with Gasteiger partial charge in [0.2, 0.25) is 0 Å². The second-order valence-corrected chi connectivity index (χ2v) is 9.16. The summed E-state index contributed by atoms with van der Waals surface area (Å²) in [7, 11) is 0. The summed E-state index contributed by atoms with van der Waals surface area (Å²) < 4.78 is 17.4. The predicted molar refractivity (Wildman–Crippen MR) is 92.0 cm³/mol. The van der Waals surface area contributed by atoms with Crippen LogP contribution in [0.1, 0.15) is 65.7 Å². The van der Waals surface area contributed by atoms with E-state index in [0.29, 0.717) is 24.5 Å². The van der Waals surface area contributed by atoms with E-state index in [4.69, 9.17) is 14.2 Å². The summed E-state index contributed by atoms with van der Waals surface area (Å²) >= 11 is 0. The number of hydrogen-bond acceptors (Lipinski definition) is 5. The maximum atomic E-state index is 12.2. The molecule has 1 N–H and O–H groups in total. The summed E-state index contributed by atoms with van der Waals surface area (Å²) in [6, 6.07) is 0. The minimum Gasteiger partial charge on any atom is -0.456 e. The summed E-state index contributed by atoms with van der Waals surface area (Å²) in [6.45, 7) is 10.0. The highest BCUT2D eigenvalue weighted by Crippen LogP contribution is 2.50. The van der Waals surface area contributed by atoms with Gasteiger partial charge in [0.25, 0.3) is 0 Å². The van der Waals surface area contributed by atoms with Crippen molar-refractivity contribution >= 4 is 5.97 Å². The maximum Gasteiger partial charge on any atom is 0.334 e. The van der Waals surface area contributed by atoms with Crippen molar-refractivity contribution in [3.8, 4) is 0 Å². The Bertz CT molecular complexity index is 599. The van der Waals surface area contributed by atoms with Crippen molar-refractivity contribution in [2.45, 2.75) is 101 Å². The largest absolute Gasteiger partial charge is 0.456 e. The molecule has 3 saturated heterocycles. The van der Waals surface area contributed by atoms with E-state index in [1.165, 1.54) is 0 Å². The van der Waals surface area contributed by atoms with E-state index in [9.17, 15) is 9.90 Å². The van der Waals surface area contributed by atoms with Gasteiger partial charge in [0.1, 0.15) is 6.10 Å². The normalized spacial score (nSPS) is 53.1. The van der Waals surface area contributed by atoms with Crippen molar-refractivity contribution in [2.75, 3.05) is 0 Å². The molecule has 0 amide bonds. The molecule has 0 spiro atoms. The van der Waals surface area contributed by atoms with Gasteiger partial charge in [0.05, 0.1) is 29.0 Å². The number of fused-ring (bicyclic) bond motifs is 4. The lowest BCUT2D eigenvalue weighted by Gasteiger charge is -2.39. The highest BCUT2D eigenvalue weighted by Gasteiger charge is 2.57. The number of rotatable bonds is 0. The van der Waals surface area contributed by atoms with Gasteiger partial charge in [-0.15, -0.1) is 0 Å². The first kappa shape index (κ1) is 17.5. The fourth-order valence-corrected chi connectivity index (χ4v) is 4.71. The number of carbonyl (C=O) groups excluding carboxylic acids is 1. The van der Waals surface area contributed by atoms with E-state index < -0.39 is 11.7 Å². The highest BCUT2D eigenvalue weighted by molar-refractivity contribution is 5.89. The summed E-state index contributed by atoms with van der Waals surface area (Å²) in [5, 5.41) is 10.9. The topological polar surface area (TPSA) is 71.6 Å². The molecule has 7 atom stereocenters. The van der Waals surface area contributed by atoms with Crippen molar-refractivity contribution in [1.29, 1.82) is 0 Å². The van der Waals surface area contributed by atoms with Crippen LogP contribution in [0.4, 0.5) is 0 Å². The van der Waals surface area contributed by atoms with Crippen LogP contribution in [0.15, 0.2) is 12.2 Å². The molecule has 140 valence electrons. The van der Waals surface area contributed by atoms with Gasteiger partial charge in [-0.25, -0.2) is 4.79 Å². The first-order chi connectivity index (χ1) is 11.6. The van der Waals surface area contributed by atoms with E-state index >= 15 is 0 Å². The average molecular weight is 350 g/mol. The quantitative estimate of drug-likeness (QED) is 0.413. The lowest BCUT2D eigenvalue weighted by Crippen LogP contribution is -2.47. The van der Waals surface area contributed by atoms with Gasteiger partial charge in [-0.1, -0.05) is 6.58 Å². The average Bonchev–Trinajstić information content (AvgIpc) is 3.40. The van der Waals surface area contributed by atoms with Gasteiger partial charge < -0.3 is 19.3 Å². The van der Waals surface area contributed by atoms with Gasteiger partial charge in [0, 0.05) is 5.57 Å². The number of epoxide rings is 2. The molecule has 3 heterocycles. The van der Waals surface area contributed by atoms with Gasteiger partial charge in [-0.3, -0.25) is 0 Å². The Labute approximate surface area is 149 Å². The molecule has 25 heavy (non-hydrogen) atoms. The van der Waals surface area contributed by atoms with Gasteiger partial charge in [0.15, 0.2) is 0 Å². The molecule has 4 rings (SSSR count). The Morgan fingerprint density at radius 1 is 0.960 bits per heavy atom. The second-order valence-electron chi connectivity index (χ2n) is 9.16. The third kappa shape index (κ3) is 3.15. The fraction of sp³-hybridized carbons (Fsp3) is 0.850. The summed E-state index contributed by atoms with van der Waals surface area (Å²) in [5.41, 5.74) is -0.677. The zero-order valence-electron chi connectivity index (χ0n) is 15.5. The minimum atomic E-state index is -1.03. The van der Waals surface area contributed by atoms with Crippen molar-refractivity contribution in [2.24, 2.45) is 5.92 Å². The van der Waals surface area contributed by atoms with Crippen LogP contribution in [-0.2, 0) is 19.0 Å². The minimum absolute atomic E-state index is 0.0600. The van der Waals surface area contributed by atoms with E-state index in [1.54, 1.807) is 6.92 Å². The van der Waals surface area contributed by atoms with Crippen LogP contribution in [0.25, 0.3) is 0 Å². The second kappa shape index (κ2) is 5.54. The lowest BCUT2D eigenvalue weighted by atomic mass is 9.78. The molecule has 5 heteroatoms. The van der Waals surface area contributed by atoms with Crippen LogP contribution in [0.3, 0.4) is 0 Å². The number of aliphatic hydroxyl groups is 1. The van der Waals surface area contributed by atoms with Crippen molar-refractivity contribution in [1.82, 2.24) is 0 Å². The van der Waals surface area contributed by atoms with Gasteiger partial charge in [-0.2, -0.15) is 0 Å². The van der Waals surface area contributed by atoms with Crippen LogP contribution < -0.4 is 0 Å². The first-order valence-electron chi connectivity index (χ1n) is 9.61. The highest BCUT2D eigenvalue weighted by atomic mass is 16.6. The molecule has 4 fully saturated rings. The molecule has 0 aromatic carbocycles. The molecule has 0 radical (unpaired) electrons. The SMILES string of the molecule is C=C1C(=O)O[C@@H]2C[C@@H]1CC[C@@]1(C)O[C@@H]1CC[C@@]1(C)O[C@@H]1CC[C@@]2(C)O. The Hall–Kier alpha value is -0.910. The third-order valence-electron chi connectivity index (χ3n) is 7.07. The van der Waals surface area contributed by atoms with Crippen LogP contribution in [0.5, 0.6) is 0 Å². The molecular formula is C20H30O5. The Morgan fingerprint density at radius 3 is 2.16 bits per heavy atom. The Balaban J connectivity index is 1.54. The molecule has 0 unspecified atom stereocenters. The fourth-order valence-electron chi connectivity index (χ4n) is 4.71. The Kier molecular flexibility index (Phi) is 3.88. The van der Waals surface area contributed by atoms with Crippen molar-refractivity contribution in [3.63, 3.8) is 0 Å². The van der Waals surface area contributed by atoms with E-state index in [1.807, 2.05) is 0 Å². The monoisotopic (exact) mass is 350 g/mol. The molecule has 2 bridgehead atoms. The van der Waals surface area contributed by atoms with Crippen molar-refractivity contribution < 1.29 is 24.1 Å². The van der Waals surface area contributed by atoms with E-state index in [0.717, 1.165) is 32.1 Å². The molecule has 3 aliphatic heterocycles. The standard InChI is InChI=1S/C20H30O5/c1-12-13-5-9-19(3)15(25-19)7-10-20(4)14(24-20)6-8-18(2,22)16(11-13)23-17(12)21/h13-16,22H,1,5-11H2,2-4H3/t13-,14+,15+,16+,18+,19+,20+/m0/s1. The molecule has 0 aromatic rings. The molecular weight excluding hydrogens is 320 g/mol. The first-order valence-corrected chi connectivity index (χ1v) is 9.61. The zero-order chi connectivity index (χ0) is 18.0. The number of esters is 1. The summed E-state index contributed by atoms with van der Waals surface area (Å²) in [4.78, 5) is 12.2. The molecule has 4 aliphatic rings. The summed E-state index contributed by atoms with van der Waals surface area (Å²) in [5.74, 6) is -0.302. The number of hydrogen-bond donors (Lipinski definition) is 1. The molecule has 5 nitrogen and oxygen atoms in total. The van der Waals surface area contributed by atoms with E-state index in [-0.39, 0.29) is 29.2 Å². The van der Waals surface area contributed by atoms with Crippen LogP contribution in [0.2, 0.25) is 0 Å². The number of ether oxygens (including phenoxy) is 3. The summed E-state index contributed by atoms with van der Waals surface area (Å²) in [6.07, 6.45) is 5.75. The van der Waals surface area contributed by atoms with Crippen LogP contribution in [0, 0.1) is 5.92 Å². The lowest BCUT2D eigenvalue weighted by molar-refractivity contribution is -0.168. The maximum absolute atomic E-state index is 12.2. The molecule has 1 saturated carbocycles. The predicted octanol–water partition coefficient (Wildman–Crippen LogP) is 2.89. The zero-order valence-corrected chi connectivity index (χ0v) is 15.5. The van der Waals surface area contributed by atoms with Crippen molar-refractivity contribution in [3.05, 3.63) is 12.2 Å². The smallest absolute Gasteiger partial charge is 0.334 e. The van der Waals surface area contributed by atoms with E-state index in [2.05, 4.69) is 20.4 Å². The van der Waals surface area contributed by atoms with Gasteiger partial charge >= 0.3 is 5.97 Å². The third-order valence-corrected chi connectivity index (χ3v) is 7.07. The molecule has 1 aliphatic carbocycles. The van der Waals surface area contributed by atoms with Gasteiger partial charge in [-0.05, 0) is 71.6 Å². The van der Waals surface area contributed by atoms with Crippen LogP contribution in [-0.4, -0.2) is 46.2 Å². The Morgan fingerprint density at radius 2 is 1.52 bits per heavy atom. The molecule has 0 aromatic heterocycles.